The highest BCUT2D eigenvalue weighted by atomic mass is 32.1. The van der Waals surface area contributed by atoms with Gasteiger partial charge in [0.2, 0.25) is 0 Å². The molecule has 102 valence electrons. The highest BCUT2D eigenvalue weighted by molar-refractivity contribution is 7.17. The Morgan fingerprint density at radius 3 is 3.00 bits per heavy atom. The van der Waals surface area contributed by atoms with E-state index in [9.17, 15) is 9.90 Å². The second-order valence-electron chi connectivity index (χ2n) is 4.46. The average Bonchev–Trinajstić information content (AvgIpc) is 2.75. The predicted octanol–water partition coefficient (Wildman–Crippen LogP) is 0.523. The van der Waals surface area contributed by atoms with Crippen LogP contribution in [0.4, 0.5) is 10.7 Å². The minimum Gasteiger partial charge on any atom is -0.396 e. The minimum atomic E-state index is -0.403. The number of rotatable bonds is 2. The Kier molecular flexibility index (Phi) is 3.93. The van der Waals surface area contributed by atoms with Gasteiger partial charge in [-0.1, -0.05) is 0 Å². The molecule has 19 heavy (non-hydrogen) atoms. The first kappa shape index (κ1) is 13.6. The monoisotopic (exact) mass is 280 g/mol. The third-order valence-corrected chi connectivity index (χ3v) is 4.34. The van der Waals surface area contributed by atoms with Gasteiger partial charge in [-0.2, -0.15) is 5.26 Å². The van der Waals surface area contributed by atoms with Gasteiger partial charge in [0, 0.05) is 20.1 Å². The number of carbonyl (C=O) groups is 1. The third-order valence-electron chi connectivity index (χ3n) is 3.17. The molecule has 0 aliphatic carbocycles. The van der Waals surface area contributed by atoms with Gasteiger partial charge in [0.25, 0.3) is 5.91 Å². The summed E-state index contributed by atoms with van der Waals surface area (Å²) < 4.78 is 0. The van der Waals surface area contributed by atoms with E-state index in [-0.39, 0.29) is 11.6 Å². The molecule has 2 rings (SSSR count). The van der Waals surface area contributed by atoms with Crippen LogP contribution < -0.4 is 16.0 Å². The quantitative estimate of drug-likeness (QED) is 0.733. The van der Waals surface area contributed by atoms with E-state index in [0.29, 0.717) is 22.0 Å². The average molecular weight is 280 g/mol. The van der Waals surface area contributed by atoms with Crippen molar-refractivity contribution in [2.45, 2.75) is 18.9 Å². The molecule has 1 unspecified atom stereocenters. The first-order valence-corrected chi connectivity index (χ1v) is 6.87. The van der Waals surface area contributed by atoms with Crippen molar-refractivity contribution in [2.24, 2.45) is 0 Å². The van der Waals surface area contributed by atoms with Gasteiger partial charge in [0.1, 0.15) is 15.9 Å². The molecule has 0 aromatic carbocycles. The number of aliphatic hydroxyl groups excluding tert-OH is 1. The van der Waals surface area contributed by atoms with Crippen molar-refractivity contribution in [3.63, 3.8) is 0 Å². The van der Waals surface area contributed by atoms with Crippen LogP contribution in [0, 0.1) is 11.3 Å². The lowest BCUT2D eigenvalue weighted by Gasteiger charge is -2.31. The summed E-state index contributed by atoms with van der Waals surface area (Å²) in [5.74, 6) is -0.301. The number of anilines is 2. The SMILES string of the molecule is CNC(=O)c1c(N2CCCC(O)C2)sc(C#N)c1N. The predicted molar refractivity (Wildman–Crippen MR) is 74.3 cm³/mol. The van der Waals surface area contributed by atoms with E-state index in [0.717, 1.165) is 19.4 Å². The lowest BCUT2D eigenvalue weighted by molar-refractivity contribution is 0.0964. The van der Waals surface area contributed by atoms with Crippen molar-refractivity contribution < 1.29 is 9.90 Å². The maximum Gasteiger partial charge on any atom is 0.256 e. The summed E-state index contributed by atoms with van der Waals surface area (Å²) in [6, 6.07) is 2.01. The lowest BCUT2D eigenvalue weighted by Crippen LogP contribution is -2.38. The van der Waals surface area contributed by atoms with E-state index in [1.54, 1.807) is 0 Å². The van der Waals surface area contributed by atoms with E-state index < -0.39 is 6.10 Å². The summed E-state index contributed by atoms with van der Waals surface area (Å²) in [7, 11) is 1.53. The molecule has 0 saturated carbocycles. The Morgan fingerprint density at radius 1 is 1.68 bits per heavy atom. The van der Waals surface area contributed by atoms with Crippen LogP contribution in [0.3, 0.4) is 0 Å². The maximum atomic E-state index is 11.9. The van der Waals surface area contributed by atoms with Crippen molar-refractivity contribution in [3.05, 3.63) is 10.4 Å². The maximum absolute atomic E-state index is 11.9. The zero-order valence-electron chi connectivity index (χ0n) is 10.6. The molecule has 1 aliphatic heterocycles. The molecular weight excluding hydrogens is 264 g/mol. The molecule has 1 atom stereocenters. The summed E-state index contributed by atoms with van der Waals surface area (Å²) >= 11 is 1.21. The lowest BCUT2D eigenvalue weighted by atomic mass is 10.1. The van der Waals surface area contributed by atoms with Crippen LogP contribution in [-0.2, 0) is 0 Å². The summed E-state index contributed by atoms with van der Waals surface area (Å²) in [6.45, 7) is 1.22. The fourth-order valence-electron chi connectivity index (χ4n) is 2.22. The third kappa shape index (κ3) is 2.50. The number of aliphatic hydroxyl groups is 1. The molecule has 0 spiro atoms. The number of nitrogen functional groups attached to an aromatic ring is 1. The van der Waals surface area contributed by atoms with Crippen LogP contribution in [0.25, 0.3) is 0 Å². The van der Waals surface area contributed by atoms with Crippen molar-refractivity contribution in [2.75, 3.05) is 30.8 Å². The molecule has 1 aromatic rings. The molecule has 0 radical (unpaired) electrons. The first-order valence-electron chi connectivity index (χ1n) is 6.06. The van der Waals surface area contributed by atoms with Crippen molar-refractivity contribution in [1.29, 1.82) is 5.26 Å². The molecule has 6 nitrogen and oxygen atoms in total. The number of nitrogens with two attached hydrogens (primary N) is 1. The number of thiophene rings is 1. The zero-order chi connectivity index (χ0) is 14.0. The van der Waals surface area contributed by atoms with Crippen molar-refractivity contribution in [1.82, 2.24) is 5.32 Å². The number of hydrogen-bond acceptors (Lipinski definition) is 6. The molecule has 2 heterocycles. The Hall–Kier alpha value is -1.78. The fraction of sp³-hybridized carbons (Fsp3) is 0.500. The van der Waals surface area contributed by atoms with Gasteiger partial charge in [-0.25, -0.2) is 0 Å². The van der Waals surface area contributed by atoms with Crippen LogP contribution in [0.2, 0.25) is 0 Å². The molecule has 1 saturated heterocycles. The number of carbonyl (C=O) groups excluding carboxylic acids is 1. The van der Waals surface area contributed by atoms with Gasteiger partial charge in [-0.15, -0.1) is 11.3 Å². The molecular formula is C12H16N4O2S. The topological polar surface area (TPSA) is 102 Å². The number of amides is 1. The van der Waals surface area contributed by atoms with Crippen LogP contribution in [0.1, 0.15) is 28.1 Å². The molecule has 1 fully saturated rings. The molecule has 1 aromatic heterocycles. The number of nitriles is 1. The van der Waals surface area contributed by atoms with Gasteiger partial charge in [0.15, 0.2) is 0 Å². The Bertz CT molecular complexity index is 535. The standard InChI is InChI=1S/C12H16N4O2S/c1-15-11(18)9-10(14)8(5-13)19-12(9)16-4-2-3-7(17)6-16/h7,17H,2-4,6,14H2,1H3,(H,15,18). The molecule has 7 heteroatoms. The van der Waals surface area contributed by atoms with Crippen molar-refractivity contribution in [3.8, 4) is 6.07 Å². The Balaban J connectivity index is 2.44. The second-order valence-corrected chi connectivity index (χ2v) is 5.46. The minimum absolute atomic E-state index is 0.224. The van der Waals surface area contributed by atoms with Gasteiger partial charge in [0.05, 0.1) is 17.4 Å². The van der Waals surface area contributed by atoms with Crippen molar-refractivity contribution >= 4 is 27.9 Å². The summed E-state index contributed by atoms with van der Waals surface area (Å²) in [5, 5.41) is 22.0. The molecule has 1 aliphatic rings. The van der Waals surface area contributed by atoms with Crippen LogP contribution >= 0.6 is 11.3 Å². The van der Waals surface area contributed by atoms with Crippen LogP contribution in [-0.4, -0.2) is 37.3 Å². The number of hydrogen-bond donors (Lipinski definition) is 3. The Labute approximate surface area is 115 Å². The molecule has 4 N–H and O–H groups in total. The fourth-order valence-corrected chi connectivity index (χ4v) is 3.27. The second kappa shape index (κ2) is 5.47. The number of nitrogens with zero attached hydrogens (tertiary/aromatic N) is 2. The van der Waals surface area contributed by atoms with E-state index in [1.807, 2.05) is 11.0 Å². The Morgan fingerprint density at radius 2 is 2.42 bits per heavy atom. The van der Waals surface area contributed by atoms with Crippen LogP contribution in [0.15, 0.2) is 0 Å². The summed E-state index contributed by atoms with van der Waals surface area (Å²) in [6.07, 6.45) is 1.21. The van der Waals surface area contributed by atoms with Gasteiger partial charge in [-0.05, 0) is 12.8 Å². The van der Waals surface area contributed by atoms with Crippen LogP contribution in [0.5, 0.6) is 0 Å². The summed E-state index contributed by atoms with van der Waals surface area (Å²) in [5.41, 5.74) is 6.44. The number of β-amino-alcohol motifs (C(OH)–C–C–N with tert-alkyl or cyclic N) is 1. The van der Waals surface area contributed by atoms with Gasteiger partial charge >= 0.3 is 0 Å². The van der Waals surface area contributed by atoms with E-state index in [4.69, 9.17) is 11.0 Å². The largest absolute Gasteiger partial charge is 0.396 e. The van der Waals surface area contributed by atoms with E-state index in [2.05, 4.69) is 5.32 Å². The normalized spacial score (nSPS) is 19.0. The summed E-state index contributed by atoms with van der Waals surface area (Å²) in [4.78, 5) is 14.2. The van der Waals surface area contributed by atoms with Gasteiger partial charge < -0.3 is 21.1 Å². The highest BCUT2D eigenvalue weighted by Crippen LogP contribution is 2.38. The molecule has 1 amide bonds. The highest BCUT2D eigenvalue weighted by Gasteiger charge is 2.27. The molecule has 0 bridgehead atoms. The van der Waals surface area contributed by atoms with Gasteiger partial charge in [-0.3, -0.25) is 4.79 Å². The van der Waals surface area contributed by atoms with E-state index >= 15 is 0 Å². The number of piperidine rings is 1. The number of nitrogens with one attached hydrogen (secondary N) is 1. The zero-order valence-corrected chi connectivity index (χ0v) is 11.5. The smallest absolute Gasteiger partial charge is 0.256 e. The first-order chi connectivity index (χ1) is 9.08. The van der Waals surface area contributed by atoms with E-state index in [1.165, 1.54) is 18.4 Å².